The maximum atomic E-state index is 13.1. The van der Waals surface area contributed by atoms with E-state index >= 15 is 0 Å². The molecule has 0 aliphatic carbocycles. The summed E-state index contributed by atoms with van der Waals surface area (Å²) in [5.74, 6) is 0.377. The number of benzene rings is 2. The van der Waals surface area contributed by atoms with E-state index in [1.807, 2.05) is 65.5 Å². The number of carbonyl (C=O) groups is 1. The zero-order valence-electron chi connectivity index (χ0n) is 17.7. The number of anilines is 1. The van der Waals surface area contributed by atoms with Crippen LogP contribution in [-0.4, -0.2) is 48.0 Å². The summed E-state index contributed by atoms with van der Waals surface area (Å²) in [7, 11) is 1.63. The van der Waals surface area contributed by atoms with Gasteiger partial charge in [0.1, 0.15) is 11.5 Å². The van der Waals surface area contributed by atoms with Crippen LogP contribution in [0.15, 0.2) is 53.6 Å². The molecule has 0 bridgehead atoms. The number of methoxy groups -OCH3 is 1. The van der Waals surface area contributed by atoms with Gasteiger partial charge >= 0.3 is 0 Å². The van der Waals surface area contributed by atoms with Gasteiger partial charge in [-0.25, -0.2) is 5.01 Å². The topological polar surface area (TPSA) is 77.4 Å². The molecule has 0 aromatic heterocycles. The van der Waals surface area contributed by atoms with E-state index in [9.17, 15) is 9.90 Å². The van der Waals surface area contributed by atoms with Crippen LogP contribution in [0.4, 0.5) is 5.69 Å². The Kier molecular flexibility index (Phi) is 6.46. The van der Waals surface area contributed by atoms with Crippen LogP contribution in [0, 0.1) is 5.92 Å². The maximum absolute atomic E-state index is 13.1. The monoisotopic (exact) mass is 442 g/mol. The van der Waals surface area contributed by atoms with Gasteiger partial charge < -0.3 is 9.84 Å². The van der Waals surface area contributed by atoms with E-state index in [4.69, 9.17) is 21.4 Å². The van der Waals surface area contributed by atoms with Crippen LogP contribution < -0.4 is 15.2 Å². The van der Waals surface area contributed by atoms with E-state index in [0.29, 0.717) is 36.7 Å². The normalized spacial score (nSPS) is 22.3. The second-order valence-corrected chi connectivity index (χ2v) is 8.35. The summed E-state index contributed by atoms with van der Waals surface area (Å²) in [6.45, 7) is 3.24. The zero-order chi connectivity index (χ0) is 22.0. The van der Waals surface area contributed by atoms with Gasteiger partial charge in [-0.15, -0.1) is 0 Å². The lowest BCUT2D eigenvalue weighted by Crippen LogP contribution is -2.50. The third kappa shape index (κ3) is 4.54. The number of aliphatic hydroxyl groups excluding tert-OH is 1. The van der Waals surface area contributed by atoms with Crippen molar-refractivity contribution in [1.29, 1.82) is 0 Å². The molecule has 1 fully saturated rings. The average molecular weight is 443 g/mol. The summed E-state index contributed by atoms with van der Waals surface area (Å²) >= 11 is 6.49. The van der Waals surface area contributed by atoms with Gasteiger partial charge in [0.25, 0.3) is 5.91 Å². The standard InChI is InChI=1S/C23H27ClN4O3/c1-15-21(23(30)26-27-13-11-17(29)12-14-27)25-28(20-6-4-3-5-19(20)24)22(15)16-7-9-18(31-2)10-8-16/h3-10,15,17,22,29H,11-14H2,1-2H3,(H,26,30)/t15-,22+/m0/s1. The molecule has 0 spiro atoms. The van der Waals surface area contributed by atoms with Gasteiger partial charge in [0.05, 0.1) is 30.0 Å². The number of hydrogen-bond donors (Lipinski definition) is 2. The van der Waals surface area contributed by atoms with E-state index in [0.717, 1.165) is 17.0 Å². The van der Waals surface area contributed by atoms with Gasteiger partial charge in [-0.2, -0.15) is 5.10 Å². The Balaban J connectivity index is 1.63. The predicted octanol–water partition coefficient (Wildman–Crippen LogP) is 3.39. The van der Waals surface area contributed by atoms with E-state index in [2.05, 4.69) is 5.43 Å². The summed E-state index contributed by atoms with van der Waals surface area (Å²) in [5.41, 5.74) is 5.18. The molecule has 2 aromatic rings. The van der Waals surface area contributed by atoms with Crippen LogP contribution in [0.1, 0.15) is 31.4 Å². The lowest BCUT2D eigenvalue weighted by atomic mass is 9.91. The number of para-hydroxylation sites is 1. The van der Waals surface area contributed by atoms with Crippen molar-refractivity contribution in [1.82, 2.24) is 10.4 Å². The summed E-state index contributed by atoms with van der Waals surface area (Å²) in [6.07, 6.45) is 0.983. The number of nitrogens with zero attached hydrogens (tertiary/aromatic N) is 3. The zero-order valence-corrected chi connectivity index (χ0v) is 18.4. The molecule has 0 saturated carbocycles. The average Bonchev–Trinajstić information content (AvgIpc) is 3.12. The lowest BCUT2D eigenvalue weighted by molar-refractivity contribution is -0.120. The molecule has 7 nitrogen and oxygen atoms in total. The van der Waals surface area contributed by atoms with Crippen molar-refractivity contribution in [3.05, 3.63) is 59.1 Å². The first-order valence-corrected chi connectivity index (χ1v) is 10.9. The number of piperidine rings is 1. The maximum Gasteiger partial charge on any atom is 0.282 e. The second-order valence-electron chi connectivity index (χ2n) is 7.95. The number of ether oxygens (including phenoxy) is 1. The Bertz CT molecular complexity index is 958. The fraction of sp³-hybridized carbons (Fsp3) is 0.391. The Morgan fingerprint density at radius 2 is 1.84 bits per heavy atom. The van der Waals surface area contributed by atoms with Crippen LogP contribution in [0.2, 0.25) is 5.02 Å². The lowest BCUT2D eigenvalue weighted by Gasteiger charge is -2.30. The molecular formula is C23H27ClN4O3. The van der Waals surface area contributed by atoms with E-state index in [1.165, 1.54) is 0 Å². The molecule has 2 aliphatic rings. The second kappa shape index (κ2) is 9.26. The molecular weight excluding hydrogens is 416 g/mol. The molecule has 8 heteroatoms. The first-order chi connectivity index (χ1) is 15.0. The van der Waals surface area contributed by atoms with E-state index in [-0.39, 0.29) is 24.0 Å². The molecule has 0 radical (unpaired) electrons. The number of carbonyl (C=O) groups excluding carboxylic acids is 1. The highest BCUT2D eigenvalue weighted by Gasteiger charge is 2.40. The number of hydrogen-bond acceptors (Lipinski definition) is 6. The Morgan fingerprint density at radius 1 is 1.16 bits per heavy atom. The quantitative estimate of drug-likeness (QED) is 0.742. The minimum absolute atomic E-state index is 0.167. The van der Waals surface area contributed by atoms with Crippen molar-refractivity contribution in [2.45, 2.75) is 31.9 Å². The van der Waals surface area contributed by atoms with E-state index < -0.39 is 0 Å². The minimum atomic E-state index is -0.300. The molecule has 1 saturated heterocycles. The van der Waals surface area contributed by atoms with Gasteiger partial charge in [0.2, 0.25) is 0 Å². The third-order valence-electron chi connectivity index (χ3n) is 5.90. The number of hydrazone groups is 1. The fourth-order valence-corrected chi connectivity index (χ4v) is 4.36. The predicted molar refractivity (Wildman–Crippen MR) is 121 cm³/mol. The number of amides is 1. The van der Waals surface area contributed by atoms with Gasteiger partial charge in [0, 0.05) is 19.0 Å². The number of rotatable bonds is 5. The van der Waals surface area contributed by atoms with Gasteiger partial charge in [-0.1, -0.05) is 42.8 Å². The Morgan fingerprint density at radius 3 is 2.48 bits per heavy atom. The molecule has 2 heterocycles. The van der Waals surface area contributed by atoms with Gasteiger partial charge in [-0.05, 0) is 42.7 Å². The molecule has 2 aliphatic heterocycles. The smallest absolute Gasteiger partial charge is 0.282 e. The summed E-state index contributed by atoms with van der Waals surface area (Å²) in [5, 5.41) is 18.7. The summed E-state index contributed by atoms with van der Waals surface area (Å²) in [6, 6.07) is 15.1. The van der Waals surface area contributed by atoms with Crippen molar-refractivity contribution in [2.24, 2.45) is 11.0 Å². The van der Waals surface area contributed by atoms with Crippen molar-refractivity contribution >= 4 is 28.9 Å². The van der Waals surface area contributed by atoms with Crippen LogP contribution >= 0.6 is 11.6 Å². The van der Waals surface area contributed by atoms with Crippen molar-refractivity contribution in [3.8, 4) is 5.75 Å². The first-order valence-electron chi connectivity index (χ1n) is 10.5. The molecule has 1 amide bonds. The molecule has 0 unspecified atom stereocenters. The number of nitrogens with one attached hydrogen (secondary N) is 1. The summed E-state index contributed by atoms with van der Waals surface area (Å²) < 4.78 is 5.29. The van der Waals surface area contributed by atoms with Crippen LogP contribution in [-0.2, 0) is 4.79 Å². The highest BCUT2D eigenvalue weighted by atomic mass is 35.5. The Hall–Kier alpha value is -2.61. The number of aliphatic hydroxyl groups is 1. The van der Waals surface area contributed by atoms with E-state index in [1.54, 1.807) is 7.11 Å². The molecule has 2 N–H and O–H groups in total. The summed E-state index contributed by atoms with van der Waals surface area (Å²) in [4.78, 5) is 13.1. The molecule has 4 rings (SSSR count). The third-order valence-corrected chi connectivity index (χ3v) is 6.22. The molecule has 164 valence electrons. The van der Waals surface area contributed by atoms with Gasteiger partial charge in [0.15, 0.2) is 0 Å². The highest BCUT2D eigenvalue weighted by Crippen LogP contribution is 2.41. The first kappa shape index (κ1) is 21.6. The van der Waals surface area contributed by atoms with Crippen molar-refractivity contribution < 1.29 is 14.6 Å². The van der Waals surface area contributed by atoms with Gasteiger partial charge in [-0.3, -0.25) is 15.2 Å². The molecule has 2 atom stereocenters. The molecule has 31 heavy (non-hydrogen) atoms. The number of halogens is 1. The minimum Gasteiger partial charge on any atom is -0.497 e. The van der Waals surface area contributed by atoms with Crippen LogP contribution in [0.25, 0.3) is 0 Å². The fourth-order valence-electron chi connectivity index (χ4n) is 4.13. The Labute approximate surface area is 187 Å². The van der Waals surface area contributed by atoms with Crippen LogP contribution in [0.5, 0.6) is 5.75 Å². The molecule has 2 aromatic carbocycles. The van der Waals surface area contributed by atoms with Crippen molar-refractivity contribution in [2.75, 3.05) is 25.2 Å². The SMILES string of the molecule is COc1ccc([C@H]2[C@@H](C)C(C(=O)NN3CCC(O)CC3)=NN2c2ccccc2Cl)cc1. The largest absolute Gasteiger partial charge is 0.497 e. The van der Waals surface area contributed by atoms with Crippen molar-refractivity contribution in [3.63, 3.8) is 0 Å². The van der Waals surface area contributed by atoms with Crippen LogP contribution in [0.3, 0.4) is 0 Å². The highest BCUT2D eigenvalue weighted by molar-refractivity contribution is 6.40. The number of hydrazine groups is 1.